The van der Waals surface area contributed by atoms with Gasteiger partial charge in [-0.3, -0.25) is 0 Å². The van der Waals surface area contributed by atoms with Gasteiger partial charge in [0.05, 0.1) is 19.0 Å². The highest BCUT2D eigenvalue weighted by Gasteiger charge is 2.14. The van der Waals surface area contributed by atoms with Gasteiger partial charge in [0, 0.05) is 26.3 Å². The first-order valence-electron chi connectivity index (χ1n) is 8.12. The zero-order valence-corrected chi connectivity index (χ0v) is 16.1. The van der Waals surface area contributed by atoms with Crippen LogP contribution in [0.3, 0.4) is 0 Å². The highest BCUT2D eigenvalue weighted by atomic mass is 127. The molecule has 132 valence electrons. The van der Waals surface area contributed by atoms with Crippen molar-refractivity contribution in [3.8, 4) is 0 Å². The maximum atomic E-state index is 5.64. The third-order valence-corrected chi connectivity index (χ3v) is 3.40. The molecule has 2 N–H and O–H groups in total. The monoisotopic (exact) mass is 437 g/mol. The van der Waals surface area contributed by atoms with Crippen molar-refractivity contribution in [2.75, 3.05) is 32.9 Å². The van der Waals surface area contributed by atoms with E-state index in [9.17, 15) is 0 Å². The fraction of sp³-hybridized carbons (Fsp3) is 0.688. The van der Waals surface area contributed by atoms with Gasteiger partial charge in [-0.05, 0) is 38.3 Å². The van der Waals surface area contributed by atoms with Crippen LogP contribution in [0.1, 0.15) is 31.9 Å². The quantitative estimate of drug-likeness (QED) is 0.269. The van der Waals surface area contributed by atoms with E-state index in [-0.39, 0.29) is 24.0 Å². The summed E-state index contributed by atoms with van der Waals surface area (Å²) in [6.07, 6.45) is 5.20. The molecular weight excluding hydrogens is 409 g/mol. The number of nitrogens with zero attached hydrogens (tertiary/aromatic N) is 1. The average molecular weight is 437 g/mol. The molecule has 1 aromatic heterocycles. The first kappa shape index (κ1) is 20.2. The fourth-order valence-electron chi connectivity index (χ4n) is 2.27. The van der Waals surface area contributed by atoms with Crippen LogP contribution in [-0.4, -0.2) is 45.0 Å². The minimum Gasteiger partial charge on any atom is -0.467 e. The summed E-state index contributed by atoms with van der Waals surface area (Å²) in [5.41, 5.74) is 0. The molecule has 0 amide bonds. The van der Waals surface area contributed by atoms with Crippen molar-refractivity contribution >= 4 is 29.9 Å². The lowest BCUT2D eigenvalue weighted by atomic mass is 10.2. The van der Waals surface area contributed by atoms with E-state index in [4.69, 9.17) is 13.9 Å². The molecule has 23 heavy (non-hydrogen) atoms. The molecule has 1 atom stereocenters. The number of ether oxygens (including phenoxy) is 2. The molecule has 6 nitrogen and oxygen atoms in total. The molecule has 0 saturated carbocycles. The van der Waals surface area contributed by atoms with Gasteiger partial charge in [0.25, 0.3) is 0 Å². The van der Waals surface area contributed by atoms with E-state index in [0.717, 1.165) is 57.3 Å². The second-order valence-electron chi connectivity index (χ2n) is 5.26. The van der Waals surface area contributed by atoms with Crippen LogP contribution in [0.15, 0.2) is 27.8 Å². The molecule has 1 saturated heterocycles. The molecule has 2 rings (SSSR count). The first-order valence-corrected chi connectivity index (χ1v) is 8.12. The Balaban J connectivity index is 0.00000264. The maximum absolute atomic E-state index is 5.64. The van der Waals surface area contributed by atoms with Crippen LogP contribution in [0.2, 0.25) is 0 Å². The third-order valence-electron chi connectivity index (χ3n) is 3.40. The van der Waals surface area contributed by atoms with Crippen LogP contribution in [0.4, 0.5) is 0 Å². The summed E-state index contributed by atoms with van der Waals surface area (Å²) in [6, 6.07) is 3.79. The Kier molecular flexibility index (Phi) is 11.1. The van der Waals surface area contributed by atoms with Gasteiger partial charge in [0.15, 0.2) is 5.96 Å². The van der Waals surface area contributed by atoms with E-state index in [1.54, 1.807) is 6.26 Å². The minimum absolute atomic E-state index is 0. The zero-order chi connectivity index (χ0) is 15.5. The lowest BCUT2D eigenvalue weighted by Gasteiger charge is -2.12. The molecule has 1 aliphatic heterocycles. The van der Waals surface area contributed by atoms with Crippen LogP contribution in [0, 0.1) is 0 Å². The van der Waals surface area contributed by atoms with Gasteiger partial charge in [-0.25, -0.2) is 4.99 Å². The average Bonchev–Trinajstić information content (AvgIpc) is 3.21. The SMILES string of the molecule is CCNC(=NCc1ccco1)NCCCOCC1CCCO1.I. The Morgan fingerprint density at radius 3 is 3.04 bits per heavy atom. The number of halogens is 1. The van der Waals surface area contributed by atoms with E-state index in [0.29, 0.717) is 19.3 Å². The lowest BCUT2D eigenvalue weighted by molar-refractivity contribution is 0.0168. The van der Waals surface area contributed by atoms with Gasteiger partial charge in [0.1, 0.15) is 12.3 Å². The number of nitrogens with one attached hydrogen (secondary N) is 2. The molecule has 1 aliphatic rings. The largest absolute Gasteiger partial charge is 0.467 e. The molecule has 1 aromatic rings. The molecule has 0 bridgehead atoms. The van der Waals surface area contributed by atoms with Crippen LogP contribution >= 0.6 is 24.0 Å². The number of rotatable bonds is 9. The standard InChI is InChI=1S/C16H27N3O3.HI/c1-2-17-16(19-12-14-6-3-10-21-14)18-8-5-9-20-13-15-7-4-11-22-15;/h3,6,10,15H,2,4-5,7-9,11-13H2,1H3,(H2,17,18,19);1H. The summed E-state index contributed by atoms with van der Waals surface area (Å²) in [7, 11) is 0. The van der Waals surface area contributed by atoms with Crippen molar-refractivity contribution in [1.82, 2.24) is 10.6 Å². The predicted octanol–water partition coefficient (Wildman–Crippen LogP) is 2.54. The van der Waals surface area contributed by atoms with Crippen molar-refractivity contribution in [2.45, 2.75) is 38.8 Å². The first-order chi connectivity index (χ1) is 10.9. The minimum atomic E-state index is 0. The highest BCUT2D eigenvalue weighted by molar-refractivity contribution is 14.0. The van der Waals surface area contributed by atoms with Crippen LogP contribution in [0.5, 0.6) is 0 Å². The van der Waals surface area contributed by atoms with Crippen LogP contribution in [0.25, 0.3) is 0 Å². The van der Waals surface area contributed by atoms with Crippen molar-refractivity contribution in [3.05, 3.63) is 24.2 Å². The third kappa shape index (κ3) is 8.57. The van der Waals surface area contributed by atoms with Gasteiger partial charge >= 0.3 is 0 Å². The second-order valence-corrected chi connectivity index (χ2v) is 5.26. The molecule has 1 fully saturated rings. The van der Waals surface area contributed by atoms with E-state index in [1.165, 1.54) is 0 Å². The molecule has 2 heterocycles. The predicted molar refractivity (Wildman–Crippen MR) is 101 cm³/mol. The highest BCUT2D eigenvalue weighted by Crippen LogP contribution is 2.11. The summed E-state index contributed by atoms with van der Waals surface area (Å²) in [6.45, 7) is 6.59. The van der Waals surface area contributed by atoms with Gasteiger partial charge in [-0.1, -0.05) is 0 Å². The van der Waals surface area contributed by atoms with Crippen molar-refractivity contribution in [3.63, 3.8) is 0 Å². The number of hydrogen-bond donors (Lipinski definition) is 2. The molecule has 1 unspecified atom stereocenters. The topological polar surface area (TPSA) is 68.0 Å². The Labute approximate surface area is 155 Å². The number of hydrogen-bond acceptors (Lipinski definition) is 4. The Bertz CT molecular complexity index is 420. The molecule has 0 spiro atoms. The number of aliphatic imine (C=N–C) groups is 1. The van der Waals surface area contributed by atoms with Crippen molar-refractivity contribution in [1.29, 1.82) is 0 Å². The molecule has 0 radical (unpaired) electrons. The summed E-state index contributed by atoms with van der Waals surface area (Å²) < 4.78 is 16.4. The zero-order valence-electron chi connectivity index (χ0n) is 13.8. The van der Waals surface area contributed by atoms with Crippen LogP contribution in [-0.2, 0) is 16.0 Å². The Morgan fingerprint density at radius 1 is 1.43 bits per heavy atom. The summed E-state index contributed by atoms with van der Waals surface area (Å²) in [5, 5.41) is 6.51. The Hall–Kier alpha value is -0.800. The maximum Gasteiger partial charge on any atom is 0.191 e. The fourth-order valence-corrected chi connectivity index (χ4v) is 2.27. The second kappa shape index (κ2) is 12.6. The van der Waals surface area contributed by atoms with Gasteiger partial charge in [-0.2, -0.15) is 0 Å². The Morgan fingerprint density at radius 2 is 2.35 bits per heavy atom. The molecular formula is C16H28IN3O3. The molecule has 7 heteroatoms. The molecule has 0 aliphatic carbocycles. The van der Waals surface area contributed by atoms with E-state index >= 15 is 0 Å². The summed E-state index contributed by atoms with van der Waals surface area (Å²) >= 11 is 0. The van der Waals surface area contributed by atoms with Crippen molar-refractivity contribution < 1.29 is 13.9 Å². The van der Waals surface area contributed by atoms with E-state index in [2.05, 4.69) is 22.5 Å². The number of furan rings is 1. The van der Waals surface area contributed by atoms with Crippen molar-refractivity contribution in [2.24, 2.45) is 4.99 Å². The summed E-state index contributed by atoms with van der Waals surface area (Å²) in [4.78, 5) is 4.48. The van der Waals surface area contributed by atoms with E-state index in [1.807, 2.05) is 12.1 Å². The smallest absolute Gasteiger partial charge is 0.191 e. The van der Waals surface area contributed by atoms with Gasteiger partial charge in [-0.15, -0.1) is 24.0 Å². The lowest BCUT2D eigenvalue weighted by Crippen LogP contribution is -2.38. The normalized spacial score (nSPS) is 17.8. The molecule has 0 aromatic carbocycles. The van der Waals surface area contributed by atoms with E-state index < -0.39 is 0 Å². The van der Waals surface area contributed by atoms with Crippen LogP contribution < -0.4 is 10.6 Å². The summed E-state index contributed by atoms with van der Waals surface area (Å²) in [5.74, 6) is 1.66. The van der Waals surface area contributed by atoms with Gasteiger partial charge in [0.2, 0.25) is 0 Å². The van der Waals surface area contributed by atoms with Gasteiger partial charge < -0.3 is 24.5 Å². The number of guanidine groups is 1.